The number of anilines is 1. The molecule has 3 aromatic carbocycles. The van der Waals surface area contributed by atoms with Crippen molar-refractivity contribution in [3.63, 3.8) is 0 Å². The van der Waals surface area contributed by atoms with Gasteiger partial charge in [0, 0.05) is 0 Å². The molecular weight excluding hydrogens is 336 g/mol. The molecule has 27 heavy (non-hydrogen) atoms. The van der Waals surface area contributed by atoms with E-state index in [9.17, 15) is 4.79 Å². The Morgan fingerprint density at radius 2 is 1.52 bits per heavy atom. The third-order valence-corrected chi connectivity index (χ3v) is 4.59. The fourth-order valence-electron chi connectivity index (χ4n) is 3.20. The summed E-state index contributed by atoms with van der Waals surface area (Å²) in [5.41, 5.74) is 3.62. The molecule has 4 rings (SSSR count). The van der Waals surface area contributed by atoms with Gasteiger partial charge in [0.2, 0.25) is 0 Å². The smallest absolute Gasteiger partial charge is 0.260 e. The van der Waals surface area contributed by atoms with Crippen LogP contribution >= 0.6 is 0 Å². The van der Waals surface area contributed by atoms with Crippen LogP contribution < -0.4 is 9.75 Å². The molecule has 0 N–H and O–H groups in total. The minimum Gasteiger partial charge on any atom is -0.489 e. The Morgan fingerprint density at radius 1 is 0.889 bits per heavy atom. The van der Waals surface area contributed by atoms with E-state index < -0.39 is 0 Å². The van der Waals surface area contributed by atoms with Gasteiger partial charge in [0.15, 0.2) is 0 Å². The summed E-state index contributed by atoms with van der Waals surface area (Å²) in [7, 11) is 0. The predicted molar refractivity (Wildman–Crippen MR) is 107 cm³/mol. The maximum absolute atomic E-state index is 12.9. The zero-order chi connectivity index (χ0) is 18.6. The van der Waals surface area contributed by atoms with Crippen LogP contribution in [0.2, 0.25) is 0 Å². The molecular formula is C23H20N2O2. The highest BCUT2D eigenvalue weighted by molar-refractivity contribution is 6.18. The summed E-state index contributed by atoms with van der Waals surface area (Å²) in [6, 6.07) is 27.2. The first-order chi connectivity index (χ1) is 13.2. The van der Waals surface area contributed by atoms with E-state index in [1.54, 1.807) is 0 Å². The summed E-state index contributed by atoms with van der Waals surface area (Å²) in [6.07, 6.45) is 0. The van der Waals surface area contributed by atoms with Crippen LogP contribution in [0.15, 0.2) is 90.0 Å². The van der Waals surface area contributed by atoms with E-state index in [1.807, 2.05) is 91.9 Å². The number of benzene rings is 3. The third-order valence-electron chi connectivity index (χ3n) is 4.59. The van der Waals surface area contributed by atoms with Crippen molar-refractivity contribution in [1.82, 2.24) is 0 Å². The molecule has 0 bridgehead atoms. The standard InChI is InChI=1S/C23H20N2O2/c1-17-22(19-10-6-3-7-11-19)23(26)25(24-17)20-12-14-21(15-13-20)27-16-18-8-4-2-5-9-18/h2-15,22H,16H2,1H3. The molecule has 0 fully saturated rings. The number of hydrogen-bond acceptors (Lipinski definition) is 3. The number of ether oxygens (including phenoxy) is 1. The highest BCUT2D eigenvalue weighted by Crippen LogP contribution is 2.31. The van der Waals surface area contributed by atoms with Crippen LogP contribution in [-0.4, -0.2) is 11.6 Å². The maximum atomic E-state index is 12.9. The van der Waals surface area contributed by atoms with Crippen molar-refractivity contribution in [2.45, 2.75) is 19.4 Å². The van der Waals surface area contributed by atoms with Gasteiger partial charge < -0.3 is 4.74 Å². The van der Waals surface area contributed by atoms with Crippen LogP contribution in [0, 0.1) is 0 Å². The van der Waals surface area contributed by atoms with Crippen LogP contribution in [0.5, 0.6) is 5.75 Å². The van der Waals surface area contributed by atoms with E-state index in [0.717, 1.165) is 28.3 Å². The molecule has 1 aliphatic rings. The molecule has 3 aromatic rings. The number of hydrogen-bond donors (Lipinski definition) is 0. The van der Waals surface area contributed by atoms with E-state index in [2.05, 4.69) is 5.10 Å². The monoisotopic (exact) mass is 356 g/mol. The Morgan fingerprint density at radius 3 is 2.19 bits per heavy atom. The lowest BCUT2D eigenvalue weighted by Crippen LogP contribution is -2.25. The minimum atomic E-state index is -0.319. The van der Waals surface area contributed by atoms with Gasteiger partial charge in [0.05, 0.1) is 11.4 Å². The molecule has 0 radical (unpaired) electrons. The van der Waals surface area contributed by atoms with Crippen molar-refractivity contribution in [3.05, 3.63) is 96.1 Å². The fraction of sp³-hybridized carbons (Fsp3) is 0.130. The van der Waals surface area contributed by atoms with Crippen molar-refractivity contribution in [2.24, 2.45) is 5.10 Å². The van der Waals surface area contributed by atoms with E-state index >= 15 is 0 Å². The second kappa shape index (κ2) is 7.46. The zero-order valence-electron chi connectivity index (χ0n) is 15.1. The zero-order valence-corrected chi connectivity index (χ0v) is 15.1. The molecule has 1 atom stereocenters. The normalized spacial score (nSPS) is 16.3. The van der Waals surface area contributed by atoms with Crippen molar-refractivity contribution in [2.75, 3.05) is 5.01 Å². The van der Waals surface area contributed by atoms with Crippen molar-refractivity contribution in [1.29, 1.82) is 0 Å². The van der Waals surface area contributed by atoms with Gasteiger partial charge in [-0.05, 0) is 42.3 Å². The Kier molecular flexibility index (Phi) is 4.71. The first-order valence-electron chi connectivity index (χ1n) is 8.93. The van der Waals surface area contributed by atoms with Crippen LogP contribution in [0.4, 0.5) is 5.69 Å². The first kappa shape index (κ1) is 17.0. The molecule has 4 heteroatoms. The number of rotatable bonds is 5. The second-order valence-corrected chi connectivity index (χ2v) is 6.50. The Labute approximate surface area is 158 Å². The van der Waals surface area contributed by atoms with Gasteiger partial charge in [-0.1, -0.05) is 60.7 Å². The SMILES string of the molecule is CC1=NN(c2ccc(OCc3ccccc3)cc2)C(=O)C1c1ccccc1. The molecule has 134 valence electrons. The minimum absolute atomic E-state index is 0.0309. The van der Waals surface area contributed by atoms with Gasteiger partial charge in [-0.3, -0.25) is 4.79 Å². The second-order valence-electron chi connectivity index (χ2n) is 6.50. The Bertz CT molecular complexity index is 951. The van der Waals surface area contributed by atoms with Crippen molar-refractivity contribution >= 4 is 17.3 Å². The molecule has 0 saturated heterocycles. The van der Waals surface area contributed by atoms with E-state index in [4.69, 9.17) is 4.74 Å². The largest absolute Gasteiger partial charge is 0.489 e. The quantitative estimate of drug-likeness (QED) is 0.661. The summed E-state index contributed by atoms with van der Waals surface area (Å²) in [5, 5.41) is 5.96. The summed E-state index contributed by atoms with van der Waals surface area (Å²) < 4.78 is 5.81. The average Bonchev–Trinajstić information content (AvgIpc) is 3.02. The molecule has 0 aromatic heterocycles. The maximum Gasteiger partial charge on any atom is 0.260 e. The summed E-state index contributed by atoms with van der Waals surface area (Å²) in [4.78, 5) is 12.9. The Hall–Kier alpha value is -3.40. The molecule has 0 saturated carbocycles. The van der Waals surface area contributed by atoms with E-state index in [-0.39, 0.29) is 11.8 Å². The molecule has 1 heterocycles. The average molecular weight is 356 g/mol. The molecule has 0 spiro atoms. The first-order valence-corrected chi connectivity index (χ1v) is 8.93. The molecule has 1 aliphatic heterocycles. The summed E-state index contributed by atoms with van der Waals surface area (Å²) in [6.45, 7) is 2.41. The molecule has 4 nitrogen and oxygen atoms in total. The predicted octanol–water partition coefficient (Wildman–Crippen LogP) is 4.77. The lowest BCUT2D eigenvalue weighted by molar-refractivity contribution is -0.118. The number of amides is 1. The van der Waals surface area contributed by atoms with Gasteiger partial charge in [-0.2, -0.15) is 10.1 Å². The molecule has 1 unspecified atom stereocenters. The topological polar surface area (TPSA) is 41.9 Å². The van der Waals surface area contributed by atoms with Gasteiger partial charge in [0.1, 0.15) is 18.3 Å². The van der Waals surface area contributed by atoms with Crippen LogP contribution in [0.1, 0.15) is 24.0 Å². The van der Waals surface area contributed by atoms with Crippen LogP contribution in [0.3, 0.4) is 0 Å². The van der Waals surface area contributed by atoms with Gasteiger partial charge >= 0.3 is 0 Å². The lowest BCUT2D eigenvalue weighted by atomic mass is 9.95. The Balaban J connectivity index is 1.47. The van der Waals surface area contributed by atoms with Gasteiger partial charge in [-0.15, -0.1) is 0 Å². The third kappa shape index (κ3) is 3.60. The molecule has 0 aliphatic carbocycles. The summed E-state index contributed by atoms with van der Waals surface area (Å²) >= 11 is 0. The van der Waals surface area contributed by atoms with Crippen LogP contribution in [0.25, 0.3) is 0 Å². The summed E-state index contributed by atoms with van der Waals surface area (Å²) in [5.74, 6) is 0.409. The highest BCUT2D eigenvalue weighted by Gasteiger charge is 2.35. The van der Waals surface area contributed by atoms with E-state index in [1.165, 1.54) is 5.01 Å². The van der Waals surface area contributed by atoms with E-state index in [0.29, 0.717) is 6.61 Å². The van der Waals surface area contributed by atoms with Gasteiger partial charge in [0.25, 0.3) is 5.91 Å². The number of hydrazone groups is 1. The van der Waals surface area contributed by atoms with Gasteiger partial charge in [-0.25, -0.2) is 0 Å². The van der Waals surface area contributed by atoms with Crippen molar-refractivity contribution < 1.29 is 9.53 Å². The highest BCUT2D eigenvalue weighted by atomic mass is 16.5. The number of carbonyl (C=O) groups is 1. The fourth-order valence-corrected chi connectivity index (χ4v) is 3.20. The molecule has 1 amide bonds. The number of carbonyl (C=O) groups excluding carboxylic acids is 1. The lowest BCUT2D eigenvalue weighted by Gasteiger charge is -2.15. The number of nitrogens with zero attached hydrogens (tertiary/aromatic N) is 2. The van der Waals surface area contributed by atoms with Crippen LogP contribution in [-0.2, 0) is 11.4 Å². The van der Waals surface area contributed by atoms with Crippen molar-refractivity contribution in [3.8, 4) is 5.75 Å².